The first-order valence-corrected chi connectivity index (χ1v) is 8.33. The third-order valence-corrected chi connectivity index (χ3v) is 5.11. The minimum atomic E-state index is -0.262. The van der Waals surface area contributed by atoms with Crippen LogP contribution in [-0.2, 0) is 9.59 Å². The van der Waals surface area contributed by atoms with Crippen LogP contribution in [0, 0.1) is 0 Å². The molecule has 1 saturated carbocycles. The van der Waals surface area contributed by atoms with Crippen LogP contribution >= 0.6 is 0 Å². The van der Waals surface area contributed by atoms with Gasteiger partial charge in [-0.3, -0.25) is 9.59 Å². The Morgan fingerprint density at radius 1 is 1.30 bits per heavy atom. The number of aromatic nitrogens is 2. The molecule has 1 aliphatic heterocycles. The van der Waals surface area contributed by atoms with Crippen molar-refractivity contribution in [1.29, 1.82) is 0 Å². The summed E-state index contributed by atoms with van der Waals surface area (Å²) in [5.41, 5.74) is 1.87. The molecule has 0 radical (unpaired) electrons. The topological polar surface area (TPSA) is 55.2 Å². The molecule has 2 aromatic rings. The van der Waals surface area contributed by atoms with Gasteiger partial charge in [-0.1, -0.05) is 12.1 Å². The minimum Gasteiger partial charge on any atom is -0.339 e. The summed E-state index contributed by atoms with van der Waals surface area (Å²) in [5.74, 6) is 1.30. The maximum Gasteiger partial charge on any atom is 0.223 e. The predicted octanol–water partition coefficient (Wildman–Crippen LogP) is 2.66. The van der Waals surface area contributed by atoms with E-state index in [2.05, 4.69) is 0 Å². The number of imidazole rings is 1. The molecule has 2 aliphatic rings. The van der Waals surface area contributed by atoms with Crippen LogP contribution in [0.15, 0.2) is 24.3 Å². The van der Waals surface area contributed by atoms with Gasteiger partial charge in [0, 0.05) is 24.9 Å². The van der Waals surface area contributed by atoms with Crippen molar-refractivity contribution in [2.75, 3.05) is 6.54 Å². The van der Waals surface area contributed by atoms with Gasteiger partial charge in [0.2, 0.25) is 5.91 Å². The van der Waals surface area contributed by atoms with Gasteiger partial charge in [0.1, 0.15) is 5.82 Å². The van der Waals surface area contributed by atoms with E-state index in [9.17, 15) is 9.59 Å². The van der Waals surface area contributed by atoms with E-state index in [0.29, 0.717) is 12.5 Å². The SMILES string of the molecule is CC(=O)C(C)n1c(C2CC(=O)N(C3CC3)C2)nc2ccccc21. The minimum absolute atomic E-state index is 0.0808. The number of hydrogen-bond acceptors (Lipinski definition) is 3. The number of carbonyl (C=O) groups is 2. The molecule has 0 N–H and O–H groups in total. The number of nitrogens with zero attached hydrogens (tertiary/aromatic N) is 3. The molecule has 2 heterocycles. The third kappa shape index (κ3) is 2.35. The monoisotopic (exact) mass is 311 g/mol. The standard InChI is InChI=1S/C18H21N3O2/c1-11(12(2)22)21-16-6-4-3-5-15(16)19-18(21)13-9-17(23)20(10-13)14-7-8-14/h3-6,11,13-14H,7-10H2,1-2H3. The second kappa shape index (κ2) is 5.18. The molecule has 1 aromatic carbocycles. The van der Waals surface area contributed by atoms with E-state index in [1.807, 2.05) is 40.7 Å². The summed E-state index contributed by atoms with van der Waals surface area (Å²) in [5, 5.41) is 0. The molecule has 1 aliphatic carbocycles. The molecule has 0 bridgehead atoms. The number of ketones is 1. The summed E-state index contributed by atoms with van der Waals surface area (Å²) < 4.78 is 2.03. The molecular formula is C18H21N3O2. The Bertz CT molecular complexity index is 791. The average molecular weight is 311 g/mol. The normalized spacial score (nSPS) is 22.8. The third-order valence-electron chi connectivity index (χ3n) is 5.11. The fourth-order valence-electron chi connectivity index (χ4n) is 3.58. The highest BCUT2D eigenvalue weighted by Gasteiger charge is 2.41. The molecule has 1 aromatic heterocycles. The first-order chi connectivity index (χ1) is 11.1. The summed E-state index contributed by atoms with van der Waals surface area (Å²) in [6, 6.07) is 8.07. The van der Waals surface area contributed by atoms with E-state index in [1.165, 1.54) is 0 Å². The number of fused-ring (bicyclic) bond motifs is 1. The Morgan fingerprint density at radius 3 is 2.74 bits per heavy atom. The van der Waals surface area contributed by atoms with Crippen LogP contribution in [0.25, 0.3) is 11.0 Å². The largest absolute Gasteiger partial charge is 0.339 e. The second-order valence-electron chi connectivity index (χ2n) is 6.79. The van der Waals surface area contributed by atoms with Gasteiger partial charge in [-0.25, -0.2) is 4.98 Å². The number of rotatable bonds is 4. The fourth-order valence-corrected chi connectivity index (χ4v) is 3.58. The molecule has 120 valence electrons. The molecule has 1 amide bonds. The van der Waals surface area contributed by atoms with Crippen molar-refractivity contribution in [1.82, 2.24) is 14.5 Å². The van der Waals surface area contributed by atoms with Crippen LogP contribution < -0.4 is 0 Å². The van der Waals surface area contributed by atoms with Crippen molar-refractivity contribution in [3.05, 3.63) is 30.1 Å². The Balaban J connectivity index is 1.78. The number of benzene rings is 1. The molecule has 0 spiro atoms. The van der Waals surface area contributed by atoms with Gasteiger partial charge >= 0.3 is 0 Å². The van der Waals surface area contributed by atoms with Crippen molar-refractivity contribution >= 4 is 22.7 Å². The molecule has 2 unspecified atom stereocenters. The molecule has 2 atom stereocenters. The van der Waals surface area contributed by atoms with Gasteiger partial charge in [-0.05, 0) is 38.8 Å². The van der Waals surface area contributed by atoms with Crippen LogP contribution in [0.5, 0.6) is 0 Å². The van der Waals surface area contributed by atoms with E-state index in [1.54, 1.807) is 6.92 Å². The maximum absolute atomic E-state index is 12.3. The first kappa shape index (κ1) is 14.4. The van der Waals surface area contributed by atoms with Crippen LogP contribution in [0.1, 0.15) is 50.9 Å². The molecular weight excluding hydrogens is 290 g/mol. The van der Waals surface area contributed by atoms with Crippen LogP contribution in [0.2, 0.25) is 0 Å². The van der Waals surface area contributed by atoms with E-state index >= 15 is 0 Å². The highest BCUT2D eigenvalue weighted by molar-refractivity contribution is 5.85. The summed E-state index contributed by atoms with van der Waals surface area (Å²) in [6.45, 7) is 4.26. The summed E-state index contributed by atoms with van der Waals surface area (Å²) in [7, 11) is 0. The first-order valence-electron chi connectivity index (χ1n) is 8.33. The molecule has 2 fully saturated rings. The van der Waals surface area contributed by atoms with E-state index in [-0.39, 0.29) is 23.7 Å². The lowest BCUT2D eigenvalue weighted by molar-refractivity contribution is -0.128. The summed E-state index contributed by atoms with van der Waals surface area (Å²) >= 11 is 0. The molecule has 5 heteroatoms. The smallest absolute Gasteiger partial charge is 0.223 e. The fraction of sp³-hybridized carbons (Fsp3) is 0.500. The number of Topliss-reactive ketones (excluding diaryl/α,β-unsaturated/α-hetero) is 1. The number of carbonyl (C=O) groups excluding carboxylic acids is 2. The van der Waals surface area contributed by atoms with Gasteiger partial charge in [0.15, 0.2) is 5.78 Å². The lowest BCUT2D eigenvalue weighted by Crippen LogP contribution is -2.27. The quantitative estimate of drug-likeness (QED) is 0.872. The van der Waals surface area contributed by atoms with Gasteiger partial charge in [0.25, 0.3) is 0 Å². The van der Waals surface area contributed by atoms with Gasteiger partial charge in [-0.15, -0.1) is 0 Å². The number of amides is 1. The summed E-state index contributed by atoms with van der Waals surface area (Å²) in [6.07, 6.45) is 2.75. The van der Waals surface area contributed by atoms with Gasteiger partial charge in [-0.2, -0.15) is 0 Å². The zero-order valence-corrected chi connectivity index (χ0v) is 13.5. The van der Waals surface area contributed by atoms with Crippen molar-refractivity contribution in [2.45, 2.75) is 51.1 Å². The van der Waals surface area contributed by atoms with Crippen LogP contribution in [0.3, 0.4) is 0 Å². The highest BCUT2D eigenvalue weighted by Crippen LogP contribution is 2.38. The lowest BCUT2D eigenvalue weighted by atomic mass is 10.1. The van der Waals surface area contributed by atoms with Crippen LogP contribution in [-0.4, -0.2) is 38.7 Å². The number of hydrogen-bond donors (Lipinski definition) is 0. The molecule has 1 saturated heterocycles. The summed E-state index contributed by atoms with van der Waals surface area (Å²) in [4.78, 5) is 31.1. The van der Waals surface area contributed by atoms with Crippen molar-refractivity contribution in [2.24, 2.45) is 0 Å². The Labute approximate surface area is 135 Å². The average Bonchev–Trinajstić information content (AvgIpc) is 3.19. The second-order valence-corrected chi connectivity index (χ2v) is 6.79. The lowest BCUT2D eigenvalue weighted by Gasteiger charge is -2.19. The Morgan fingerprint density at radius 2 is 2.04 bits per heavy atom. The Kier molecular flexibility index (Phi) is 3.25. The number of para-hydroxylation sites is 2. The molecule has 5 nitrogen and oxygen atoms in total. The maximum atomic E-state index is 12.3. The van der Waals surface area contributed by atoms with Gasteiger partial charge < -0.3 is 9.47 Å². The van der Waals surface area contributed by atoms with Crippen LogP contribution in [0.4, 0.5) is 0 Å². The number of likely N-dealkylation sites (tertiary alicyclic amines) is 1. The van der Waals surface area contributed by atoms with Crippen molar-refractivity contribution < 1.29 is 9.59 Å². The zero-order chi connectivity index (χ0) is 16.1. The van der Waals surface area contributed by atoms with Gasteiger partial charge in [0.05, 0.1) is 17.1 Å². The Hall–Kier alpha value is -2.17. The van der Waals surface area contributed by atoms with E-state index in [0.717, 1.165) is 36.2 Å². The molecule has 23 heavy (non-hydrogen) atoms. The van der Waals surface area contributed by atoms with E-state index in [4.69, 9.17) is 4.98 Å². The van der Waals surface area contributed by atoms with Crippen molar-refractivity contribution in [3.8, 4) is 0 Å². The zero-order valence-electron chi connectivity index (χ0n) is 13.5. The molecule has 4 rings (SSSR count). The highest BCUT2D eigenvalue weighted by atomic mass is 16.2. The van der Waals surface area contributed by atoms with E-state index < -0.39 is 0 Å². The predicted molar refractivity (Wildman–Crippen MR) is 87.2 cm³/mol. The van der Waals surface area contributed by atoms with Crippen molar-refractivity contribution in [3.63, 3.8) is 0 Å².